The highest BCUT2D eigenvalue weighted by Crippen LogP contribution is 2.35. The van der Waals surface area contributed by atoms with Gasteiger partial charge in [-0.25, -0.2) is 4.98 Å². The van der Waals surface area contributed by atoms with Crippen molar-refractivity contribution in [3.8, 4) is 22.6 Å². The van der Waals surface area contributed by atoms with Crippen molar-refractivity contribution in [3.63, 3.8) is 0 Å². The highest BCUT2D eigenvalue weighted by atomic mass is 79.9. The molecule has 0 bridgehead atoms. The summed E-state index contributed by atoms with van der Waals surface area (Å²) in [5, 5.41) is 0. The lowest BCUT2D eigenvalue weighted by Crippen LogP contribution is -2.20. The van der Waals surface area contributed by atoms with E-state index in [2.05, 4.69) is 22.0 Å². The number of carbonyl (C=O) groups excluding carboxylic acids is 1. The van der Waals surface area contributed by atoms with E-state index in [9.17, 15) is 4.79 Å². The van der Waals surface area contributed by atoms with Gasteiger partial charge < -0.3 is 13.6 Å². The maximum atomic E-state index is 12.2. The Hall–Kier alpha value is -2.86. The third kappa shape index (κ3) is 4.19. The van der Waals surface area contributed by atoms with E-state index in [1.165, 1.54) is 0 Å². The Morgan fingerprint density at radius 1 is 1.20 bits per heavy atom. The second-order valence-corrected chi connectivity index (χ2v) is 8.17. The summed E-state index contributed by atoms with van der Waals surface area (Å²) in [7, 11) is 0. The van der Waals surface area contributed by atoms with E-state index in [1.807, 2.05) is 43.3 Å². The van der Waals surface area contributed by atoms with Gasteiger partial charge in [0.05, 0.1) is 24.8 Å². The molecule has 0 saturated carbocycles. The number of hydrogen-bond acceptors (Lipinski definition) is 5. The van der Waals surface area contributed by atoms with Crippen LogP contribution >= 0.6 is 15.9 Å². The van der Waals surface area contributed by atoms with Gasteiger partial charge in [-0.1, -0.05) is 34.1 Å². The minimum Gasteiger partial charge on any atom is -0.472 e. The number of benzene rings is 1. The Labute approximate surface area is 183 Å². The normalized spacial score (nSPS) is 12.2. The number of ether oxygens (including phenoxy) is 1. The molecule has 2 heterocycles. The standard InChI is InChI=1S/C24H22BrNO4/c1-3-29-24(27)21(25)13-20-17(11-18-14-28-10-9-19(18)20)12-22-15(2)30-23(26-22)16-7-5-4-6-8-16/h4-11,14,21H,3,12-13H2,1-2H3. The summed E-state index contributed by atoms with van der Waals surface area (Å²) >= 11 is 3.49. The zero-order valence-corrected chi connectivity index (χ0v) is 18.4. The van der Waals surface area contributed by atoms with E-state index in [1.54, 1.807) is 19.5 Å². The largest absolute Gasteiger partial charge is 0.472 e. The molecule has 1 aliphatic heterocycles. The van der Waals surface area contributed by atoms with Crippen molar-refractivity contribution in [2.24, 2.45) is 0 Å². The fourth-order valence-electron chi connectivity index (χ4n) is 3.58. The van der Waals surface area contributed by atoms with Crippen molar-refractivity contribution >= 4 is 21.9 Å². The van der Waals surface area contributed by atoms with Gasteiger partial charge >= 0.3 is 5.97 Å². The van der Waals surface area contributed by atoms with E-state index in [4.69, 9.17) is 18.6 Å². The van der Waals surface area contributed by atoms with Gasteiger partial charge in [0, 0.05) is 17.5 Å². The van der Waals surface area contributed by atoms with E-state index in [0.29, 0.717) is 25.3 Å². The Balaban J connectivity index is 1.67. The van der Waals surface area contributed by atoms with Gasteiger partial charge in [-0.15, -0.1) is 0 Å². The third-order valence-electron chi connectivity index (χ3n) is 5.06. The molecule has 1 atom stereocenters. The molecule has 6 heteroatoms. The summed E-state index contributed by atoms with van der Waals surface area (Å²) in [4.78, 5) is 16.5. The summed E-state index contributed by atoms with van der Waals surface area (Å²) < 4.78 is 16.4. The van der Waals surface area contributed by atoms with Gasteiger partial charge in [0.1, 0.15) is 10.6 Å². The number of alkyl halides is 1. The molecule has 1 aromatic heterocycles. The van der Waals surface area contributed by atoms with E-state index in [0.717, 1.165) is 39.3 Å². The molecule has 4 rings (SSSR count). The average molecular weight is 468 g/mol. The number of aromatic nitrogens is 1. The van der Waals surface area contributed by atoms with Crippen LogP contribution in [0.15, 0.2) is 63.8 Å². The Morgan fingerprint density at radius 3 is 2.77 bits per heavy atom. The SMILES string of the molecule is CCOC(=O)C(Br)Cc1c(Cc2nc(-c3ccccc3)oc2C)cc2coccc1-2. The zero-order valence-electron chi connectivity index (χ0n) is 16.9. The average Bonchev–Trinajstić information content (AvgIpc) is 3.29. The number of halogens is 1. The maximum Gasteiger partial charge on any atom is 0.320 e. The van der Waals surface area contributed by atoms with Gasteiger partial charge in [-0.2, -0.15) is 0 Å². The lowest BCUT2D eigenvalue weighted by molar-refractivity contribution is -0.142. The number of nitrogens with zero attached hydrogens (tertiary/aromatic N) is 1. The van der Waals surface area contributed by atoms with E-state index < -0.39 is 4.83 Å². The second kappa shape index (κ2) is 8.88. The predicted octanol–water partition coefficient (Wildman–Crippen LogP) is 5.81. The maximum absolute atomic E-state index is 12.2. The molecule has 2 aromatic rings. The molecule has 0 amide bonds. The van der Waals surface area contributed by atoms with Crippen LogP contribution in [0.2, 0.25) is 0 Å². The molecule has 1 aliphatic carbocycles. The number of esters is 1. The minimum atomic E-state index is -0.419. The molecule has 5 nitrogen and oxygen atoms in total. The number of aryl methyl sites for hydroxylation is 1. The second-order valence-electron chi connectivity index (χ2n) is 7.06. The molecular formula is C24H22BrNO4. The Morgan fingerprint density at radius 2 is 2.00 bits per heavy atom. The number of rotatable bonds is 7. The van der Waals surface area contributed by atoms with Crippen LogP contribution in [0, 0.1) is 6.92 Å². The molecule has 2 aliphatic rings. The van der Waals surface area contributed by atoms with Crippen molar-refractivity contribution in [1.29, 1.82) is 0 Å². The van der Waals surface area contributed by atoms with Crippen molar-refractivity contribution in [2.45, 2.75) is 31.5 Å². The highest BCUT2D eigenvalue weighted by molar-refractivity contribution is 9.10. The lowest BCUT2D eigenvalue weighted by Gasteiger charge is -2.11. The highest BCUT2D eigenvalue weighted by Gasteiger charge is 2.24. The first-order valence-electron chi connectivity index (χ1n) is 9.86. The van der Waals surface area contributed by atoms with Gasteiger partial charge in [-0.3, -0.25) is 4.79 Å². The smallest absolute Gasteiger partial charge is 0.320 e. The van der Waals surface area contributed by atoms with Crippen LogP contribution in [-0.2, 0) is 22.4 Å². The van der Waals surface area contributed by atoms with Crippen molar-refractivity contribution < 1.29 is 18.4 Å². The first-order chi connectivity index (χ1) is 14.6. The molecule has 0 fully saturated rings. The summed E-state index contributed by atoms with van der Waals surface area (Å²) in [5.41, 5.74) is 6.06. The Kier molecular flexibility index (Phi) is 6.04. The number of oxazole rings is 1. The summed E-state index contributed by atoms with van der Waals surface area (Å²) in [6.07, 6.45) is 4.50. The van der Waals surface area contributed by atoms with E-state index in [-0.39, 0.29) is 5.97 Å². The molecule has 30 heavy (non-hydrogen) atoms. The third-order valence-corrected chi connectivity index (χ3v) is 5.76. The van der Waals surface area contributed by atoms with Crippen molar-refractivity contribution in [1.82, 2.24) is 4.98 Å². The van der Waals surface area contributed by atoms with Crippen LogP contribution in [-0.4, -0.2) is 22.4 Å². The van der Waals surface area contributed by atoms with Crippen molar-refractivity contribution in [2.75, 3.05) is 6.61 Å². The van der Waals surface area contributed by atoms with Gasteiger partial charge in [-0.05, 0) is 61.2 Å². The minimum absolute atomic E-state index is 0.262. The van der Waals surface area contributed by atoms with Gasteiger partial charge in [0.2, 0.25) is 5.89 Å². The molecular weight excluding hydrogens is 446 g/mol. The molecule has 0 radical (unpaired) electrons. The molecule has 0 spiro atoms. The molecule has 0 saturated heterocycles. The summed E-state index contributed by atoms with van der Waals surface area (Å²) in [6.45, 7) is 4.09. The van der Waals surface area contributed by atoms with Crippen LogP contribution in [0.3, 0.4) is 0 Å². The molecule has 1 unspecified atom stereocenters. The van der Waals surface area contributed by atoms with Crippen LogP contribution < -0.4 is 0 Å². The van der Waals surface area contributed by atoms with Crippen LogP contribution in [0.4, 0.5) is 0 Å². The van der Waals surface area contributed by atoms with Gasteiger partial charge in [0.25, 0.3) is 0 Å². The quantitative estimate of drug-likeness (QED) is 0.253. The monoisotopic (exact) mass is 467 g/mol. The van der Waals surface area contributed by atoms with Crippen LogP contribution in [0.5, 0.6) is 0 Å². The molecule has 0 N–H and O–H groups in total. The van der Waals surface area contributed by atoms with Crippen LogP contribution in [0.25, 0.3) is 22.6 Å². The topological polar surface area (TPSA) is 65.5 Å². The lowest BCUT2D eigenvalue weighted by atomic mass is 10.0. The van der Waals surface area contributed by atoms with Crippen molar-refractivity contribution in [3.05, 3.63) is 77.6 Å². The van der Waals surface area contributed by atoms with E-state index >= 15 is 0 Å². The summed E-state index contributed by atoms with van der Waals surface area (Å²) in [5.74, 6) is 1.14. The molecule has 1 aromatic carbocycles. The number of fused-ring (bicyclic) bond motifs is 1. The fourth-order valence-corrected chi connectivity index (χ4v) is 4.04. The first kappa shape index (κ1) is 20.4. The summed E-state index contributed by atoms with van der Waals surface area (Å²) in [6, 6.07) is 13.9. The number of hydrogen-bond donors (Lipinski definition) is 0. The van der Waals surface area contributed by atoms with Gasteiger partial charge in [0.15, 0.2) is 0 Å². The van der Waals surface area contributed by atoms with Crippen LogP contribution in [0.1, 0.15) is 29.5 Å². The predicted molar refractivity (Wildman–Crippen MR) is 118 cm³/mol. The molecule has 154 valence electrons. The fraction of sp³-hybridized carbons (Fsp3) is 0.250. The zero-order chi connectivity index (χ0) is 21.1. The Bertz CT molecular complexity index is 1120. The first-order valence-corrected chi connectivity index (χ1v) is 10.8. The number of carbonyl (C=O) groups is 1.